The lowest BCUT2D eigenvalue weighted by atomic mass is 9.97. The van der Waals surface area contributed by atoms with Gasteiger partial charge >= 0.3 is 11.7 Å². The summed E-state index contributed by atoms with van der Waals surface area (Å²) < 4.78 is 10.6. The highest BCUT2D eigenvalue weighted by molar-refractivity contribution is 5.73. The van der Waals surface area contributed by atoms with Gasteiger partial charge in [0.15, 0.2) is 0 Å². The van der Waals surface area contributed by atoms with Crippen LogP contribution in [-0.4, -0.2) is 47.2 Å². The number of carbonyl (C=O) groups is 1. The fourth-order valence-electron chi connectivity index (χ4n) is 3.67. The second kappa shape index (κ2) is 8.29. The fourth-order valence-corrected chi connectivity index (χ4v) is 3.67. The first-order valence-electron chi connectivity index (χ1n) is 9.09. The van der Waals surface area contributed by atoms with Gasteiger partial charge in [0, 0.05) is 13.1 Å². The summed E-state index contributed by atoms with van der Waals surface area (Å²) in [7, 11) is 1.37. The summed E-state index contributed by atoms with van der Waals surface area (Å²) in [4.78, 5) is 32.9. The van der Waals surface area contributed by atoms with E-state index >= 15 is 0 Å². The molecular weight excluding hydrogens is 340 g/mol. The van der Waals surface area contributed by atoms with E-state index in [0.29, 0.717) is 25.9 Å². The summed E-state index contributed by atoms with van der Waals surface area (Å²) in [5, 5.41) is 11.7. The van der Waals surface area contributed by atoms with Crippen molar-refractivity contribution in [2.24, 2.45) is 5.92 Å². The Kier molecular flexibility index (Phi) is 5.85. The molecule has 0 unspecified atom stereocenters. The molecule has 2 aliphatic rings. The van der Waals surface area contributed by atoms with E-state index in [0.717, 1.165) is 25.7 Å². The zero-order valence-electron chi connectivity index (χ0n) is 14.9. The molecule has 1 aromatic heterocycles. The number of carbonyl (C=O) groups excluding carboxylic acids is 1. The number of hydrogen-bond acceptors (Lipinski definition) is 8. The van der Waals surface area contributed by atoms with Gasteiger partial charge in [-0.05, 0) is 38.5 Å². The third-order valence-corrected chi connectivity index (χ3v) is 5.11. The van der Waals surface area contributed by atoms with Gasteiger partial charge in [0.05, 0.1) is 18.0 Å². The Balaban J connectivity index is 1.78. The zero-order valence-corrected chi connectivity index (χ0v) is 14.9. The number of anilines is 1. The summed E-state index contributed by atoms with van der Waals surface area (Å²) in [6.07, 6.45) is 7.52. The third-order valence-electron chi connectivity index (χ3n) is 5.11. The molecule has 0 bridgehead atoms. The number of aromatic nitrogens is 2. The highest BCUT2D eigenvalue weighted by atomic mass is 16.6. The van der Waals surface area contributed by atoms with Crippen LogP contribution in [0, 0.1) is 16.0 Å². The van der Waals surface area contributed by atoms with Crippen LogP contribution in [0.3, 0.4) is 0 Å². The van der Waals surface area contributed by atoms with E-state index in [4.69, 9.17) is 9.47 Å². The lowest BCUT2D eigenvalue weighted by Crippen LogP contribution is -2.37. The monoisotopic (exact) mass is 364 g/mol. The van der Waals surface area contributed by atoms with Crippen molar-refractivity contribution in [1.29, 1.82) is 0 Å². The molecule has 0 aromatic carbocycles. The molecule has 2 fully saturated rings. The minimum atomic E-state index is -0.472. The number of esters is 1. The highest BCUT2D eigenvalue weighted by Crippen LogP contribution is 2.37. The van der Waals surface area contributed by atoms with Crippen LogP contribution < -0.4 is 9.64 Å². The van der Waals surface area contributed by atoms with Crippen LogP contribution in [0.2, 0.25) is 0 Å². The van der Waals surface area contributed by atoms with Gasteiger partial charge < -0.3 is 14.4 Å². The van der Waals surface area contributed by atoms with E-state index in [1.165, 1.54) is 19.9 Å². The van der Waals surface area contributed by atoms with E-state index < -0.39 is 4.92 Å². The molecule has 3 rings (SSSR count). The molecule has 1 aromatic rings. The average Bonchev–Trinajstić information content (AvgIpc) is 2.68. The molecule has 0 radical (unpaired) electrons. The molecule has 1 saturated carbocycles. The molecule has 1 saturated heterocycles. The van der Waals surface area contributed by atoms with Crippen molar-refractivity contribution in [3.63, 3.8) is 0 Å². The topological polar surface area (TPSA) is 108 Å². The van der Waals surface area contributed by atoms with Crippen molar-refractivity contribution in [2.75, 3.05) is 25.1 Å². The minimum Gasteiger partial charge on any atom is -0.469 e. The van der Waals surface area contributed by atoms with Gasteiger partial charge in [-0.15, -0.1) is 0 Å². The first-order chi connectivity index (χ1) is 12.6. The molecule has 1 aliphatic carbocycles. The van der Waals surface area contributed by atoms with Crippen molar-refractivity contribution >= 4 is 17.5 Å². The number of nitro groups is 1. The number of hydrogen-bond donors (Lipinski definition) is 0. The lowest BCUT2D eigenvalue weighted by Gasteiger charge is -2.31. The Labute approximate surface area is 151 Å². The van der Waals surface area contributed by atoms with Crippen molar-refractivity contribution in [3.8, 4) is 5.88 Å². The Morgan fingerprint density at radius 2 is 1.88 bits per heavy atom. The van der Waals surface area contributed by atoms with Crippen molar-refractivity contribution in [1.82, 2.24) is 9.97 Å². The minimum absolute atomic E-state index is 0.0322. The number of ether oxygens (including phenoxy) is 2. The van der Waals surface area contributed by atoms with Gasteiger partial charge in [-0.1, -0.05) is 6.42 Å². The van der Waals surface area contributed by atoms with Crippen molar-refractivity contribution < 1.29 is 19.2 Å². The van der Waals surface area contributed by atoms with E-state index in [-0.39, 0.29) is 35.4 Å². The molecule has 0 amide bonds. The summed E-state index contributed by atoms with van der Waals surface area (Å²) in [6.45, 7) is 1.00. The molecule has 1 aliphatic heterocycles. The lowest BCUT2D eigenvalue weighted by molar-refractivity contribution is -0.385. The van der Waals surface area contributed by atoms with Gasteiger partial charge in [-0.25, -0.2) is 4.98 Å². The predicted octanol–water partition coefficient (Wildman–Crippen LogP) is 2.49. The molecule has 9 heteroatoms. The average molecular weight is 364 g/mol. The molecule has 2 heterocycles. The maximum absolute atomic E-state index is 11.7. The molecule has 142 valence electrons. The Bertz CT molecular complexity index is 655. The third kappa shape index (κ3) is 4.03. The normalized spacial score (nSPS) is 19.2. The first kappa shape index (κ1) is 18.3. The molecule has 9 nitrogen and oxygen atoms in total. The largest absolute Gasteiger partial charge is 0.469 e. The molecular formula is C17H24N4O5. The Morgan fingerprint density at radius 1 is 1.19 bits per heavy atom. The smallest absolute Gasteiger partial charge is 0.372 e. The van der Waals surface area contributed by atoms with Crippen molar-refractivity contribution in [2.45, 2.75) is 51.0 Å². The van der Waals surface area contributed by atoms with Crippen LogP contribution in [0.4, 0.5) is 11.5 Å². The van der Waals surface area contributed by atoms with Crippen LogP contribution in [0.5, 0.6) is 5.88 Å². The van der Waals surface area contributed by atoms with Gasteiger partial charge in [0.25, 0.3) is 5.88 Å². The summed E-state index contributed by atoms with van der Waals surface area (Å²) in [5.74, 6) is -0.0978. The maximum Gasteiger partial charge on any atom is 0.372 e. The van der Waals surface area contributed by atoms with E-state index in [1.54, 1.807) is 0 Å². The van der Waals surface area contributed by atoms with Gasteiger partial charge in [-0.2, -0.15) is 4.98 Å². The van der Waals surface area contributed by atoms with E-state index in [1.807, 2.05) is 4.90 Å². The van der Waals surface area contributed by atoms with E-state index in [9.17, 15) is 14.9 Å². The van der Waals surface area contributed by atoms with E-state index in [2.05, 4.69) is 9.97 Å². The van der Waals surface area contributed by atoms with Crippen molar-refractivity contribution in [3.05, 3.63) is 16.4 Å². The second-order valence-corrected chi connectivity index (χ2v) is 6.77. The predicted molar refractivity (Wildman–Crippen MR) is 93.1 cm³/mol. The standard InChI is InChI=1S/C17H24N4O5/c1-25-17(22)12-7-9-20(10-8-12)15-14(21(23)24)16(19-11-18-15)26-13-5-3-2-4-6-13/h11-13H,2-10H2,1H3. The Morgan fingerprint density at radius 3 is 2.50 bits per heavy atom. The molecule has 0 spiro atoms. The molecule has 26 heavy (non-hydrogen) atoms. The zero-order chi connectivity index (χ0) is 18.5. The van der Waals surface area contributed by atoms with Gasteiger partial charge in [0.1, 0.15) is 12.4 Å². The maximum atomic E-state index is 11.7. The number of rotatable bonds is 5. The quantitative estimate of drug-likeness (QED) is 0.445. The second-order valence-electron chi connectivity index (χ2n) is 6.77. The number of nitrogens with zero attached hydrogens (tertiary/aromatic N) is 4. The van der Waals surface area contributed by atoms with Crippen LogP contribution in [-0.2, 0) is 9.53 Å². The van der Waals surface area contributed by atoms with Crippen LogP contribution in [0.1, 0.15) is 44.9 Å². The first-order valence-corrected chi connectivity index (χ1v) is 9.09. The summed E-state index contributed by atoms with van der Waals surface area (Å²) in [5.41, 5.74) is -0.186. The van der Waals surface area contributed by atoms with Crippen LogP contribution in [0.25, 0.3) is 0 Å². The van der Waals surface area contributed by atoms with Crippen LogP contribution in [0.15, 0.2) is 6.33 Å². The molecule has 0 atom stereocenters. The number of methoxy groups -OCH3 is 1. The molecule has 0 N–H and O–H groups in total. The van der Waals surface area contributed by atoms with Crippen LogP contribution >= 0.6 is 0 Å². The Hall–Kier alpha value is -2.45. The summed E-state index contributed by atoms with van der Waals surface area (Å²) >= 11 is 0. The SMILES string of the molecule is COC(=O)C1CCN(c2ncnc(OC3CCCCC3)c2[N+](=O)[O-])CC1. The summed E-state index contributed by atoms with van der Waals surface area (Å²) in [6, 6.07) is 0. The highest BCUT2D eigenvalue weighted by Gasteiger charge is 2.33. The fraction of sp³-hybridized carbons (Fsp3) is 0.706. The number of piperidine rings is 1. The van der Waals surface area contributed by atoms with Gasteiger partial charge in [0.2, 0.25) is 5.82 Å². The van der Waals surface area contributed by atoms with Gasteiger partial charge in [-0.3, -0.25) is 14.9 Å².